The van der Waals surface area contributed by atoms with E-state index in [2.05, 4.69) is 12.1 Å². The number of unbranched alkanes of at least 4 members (excludes halogenated alkanes) is 3. The minimum Gasteiger partial charge on any atom is -0.493 e. The Morgan fingerprint density at radius 3 is 2.37 bits per heavy atom. The average Bonchev–Trinajstić information content (AvgIpc) is 2.64. The molecule has 0 aliphatic heterocycles. The lowest BCUT2D eigenvalue weighted by molar-refractivity contribution is -0.143. The van der Waals surface area contributed by atoms with Gasteiger partial charge in [0.1, 0.15) is 0 Å². The summed E-state index contributed by atoms with van der Waals surface area (Å²) in [6.45, 7) is 5.25. The third kappa shape index (κ3) is 9.14. The van der Waals surface area contributed by atoms with Crippen LogP contribution in [-0.4, -0.2) is 38.5 Å². The van der Waals surface area contributed by atoms with Gasteiger partial charge in [0.2, 0.25) is 0 Å². The van der Waals surface area contributed by atoms with Gasteiger partial charge in [0.15, 0.2) is 11.5 Å². The van der Waals surface area contributed by atoms with Gasteiger partial charge >= 0.3 is 5.97 Å². The van der Waals surface area contributed by atoms with Gasteiger partial charge < -0.3 is 19.3 Å². The Morgan fingerprint density at radius 2 is 1.74 bits per heavy atom. The first-order valence-electron chi connectivity index (χ1n) is 10.0. The summed E-state index contributed by atoms with van der Waals surface area (Å²) in [6, 6.07) is 6.10. The molecule has 0 aliphatic rings. The molecule has 1 atom stereocenters. The standard InChI is InChI=1S/C22H36O5/c1-17(2)19(22(23)24)11-8-6-5-7-10-18-12-13-20(26-4)21(16-18)27-15-9-14-25-3/h12-13,16-17,19H,5-11,14-15H2,1-4H3,(H,23,24). The van der Waals surface area contributed by atoms with Gasteiger partial charge in [-0.2, -0.15) is 0 Å². The Hall–Kier alpha value is -1.75. The molecule has 0 heterocycles. The molecule has 27 heavy (non-hydrogen) atoms. The fourth-order valence-corrected chi connectivity index (χ4v) is 3.16. The number of benzene rings is 1. The van der Waals surface area contributed by atoms with E-state index in [1.807, 2.05) is 19.9 Å². The van der Waals surface area contributed by atoms with Crippen LogP contribution in [0.5, 0.6) is 11.5 Å². The van der Waals surface area contributed by atoms with E-state index in [1.54, 1.807) is 14.2 Å². The van der Waals surface area contributed by atoms with E-state index >= 15 is 0 Å². The van der Waals surface area contributed by atoms with E-state index in [0.29, 0.717) is 13.2 Å². The number of carboxylic acids is 1. The number of hydrogen-bond donors (Lipinski definition) is 1. The molecule has 5 nitrogen and oxygen atoms in total. The smallest absolute Gasteiger partial charge is 0.306 e. The Morgan fingerprint density at radius 1 is 1.00 bits per heavy atom. The monoisotopic (exact) mass is 380 g/mol. The maximum Gasteiger partial charge on any atom is 0.306 e. The van der Waals surface area contributed by atoms with Gasteiger partial charge in [-0.05, 0) is 42.9 Å². The number of methoxy groups -OCH3 is 2. The van der Waals surface area contributed by atoms with E-state index in [1.165, 1.54) is 5.56 Å². The fraction of sp³-hybridized carbons (Fsp3) is 0.682. The van der Waals surface area contributed by atoms with Crippen LogP contribution in [-0.2, 0) is 16.0 Å². The van der Waals surface area contributed by atoms with Crippen molar-refractivity contribution < 1.29 is 24.1 Å². The number of carboxylic acid groups (broad SMARTS) is 1. The Balaban J connectivity index is 2.36. The second kappa shape index (κ2) is 13.4. The molecule has 1 N–H and O–H groups in total. The highest BCUT2D eigenvalue weighted by molar-refractivity contribution is 5.70. The predicted octanol–water partition coefficient (Wildman–Crippen LogP) is 4.96. The summed E-state index contributed by atoms with van der Waals surface area (Å²) >= 11 is 0. The van der Waals surface area contributed by atoms with Crippen LogP contribution < -0.4 is 9.47 Å². The van der Waals surface area contributed by atoms with E-state index in [9.17, 15) is 9.90 Å². The van der Waals surface area contributed by atoms with Gasteiger partial charge in [-0.15, -0.1) is 0 Å². The van der Waals surface area contributed by atoms with Crippen LogP contribution in [0.25, 0.3) is 0 Å². The lowest BCUT2D eigenvalue weighted by Crippen LogP contribution is -2.19. The zero-order chi connectivity index (χ0) is 20.1. The van der Waals surface area contributed by atoms with Crippen LogP contribution in [0, 0.1) is 11.8 Å². The normalized spacial score (nSPS) is 12.2. The van der Waals surface area contributed by atoms with Crippen molar-refractivity contribution in [3.8, 4) is 11.5 Å². The van der Waals surface area contributed by atoms with Gasteiger partial charge in [-0.3, -0.25) is 4.79 Å². The van der Waals surface area contributed by atoms with Crippen LogP contribution in [0.1, 0.15) is 57.9 Å². The van der Waals surface area contributed by atoms with Gasteiger partial charge in [0.05, 0.1) is 19.6 Å². The van der Waals surface area contributed by atoms with Gasteiger partial charge in [0.25, 0.3) is 0 Å². The molecule has 154 valence electrons. The molecule has 0 bridgehead atoms. The molecule has 0 radical (unpaired) electrons. The summed E-state index contributed by atoms with van der Waals surface area (Å²) in [5.74, 6) is 0.853. The summed E-state index contributed by atoms with van der Waals surface area (Å²) in [5, 5.41) is 9.23. The maximum absolute atomic E-state index is 11.2. The Bertz CT molecular complexity index is 542. The SMILES string of the molecule is COCCCOc1cc(CCCCCCC(C(=O)O)C(C)C)ccc1OC. The number of carbonyl (C=O) groups is 1. The third-order valence-corrected chi connectivity index (χ3v) is 4.83. The van der Waals surface area contributed by atoms with Crippen molar-refractivity contribution in [2.45, 2.75) is 58.8 Å². The number of hydrogen-bond acceptors (Lipinski definition) is 4. The topological polar surface area (TPSA) is 65.0 Å². The molecule has 0 saturated carbocycles. The van der Waals surface area contributed by atoms with Crippen molar-refractivity contribution in [1.82, 2.24) is 0 Å². The number of aliphatic carboxylic acids is 1. The van der Waals surface area contributed by atoms with E-state index < -0.39 is 5.97 Å². The Labute approximate surface area is 164 Å². The third-order valence-electron chi connectivity index (χ3n) is 4.83. The van der Waals surface area contributed by atoms with Crippen LogP contribution >= 0.6 is 0 Å². The second-order valence-corrected chi connectivity index (χ2v) is 7.32. The summed E-state index contributed by atoms with van der Waals surface area (Å²) in [6.07, 6.45) is 6.87. The molecule has 0 spiro atoms. The van der Waals surface area contributed by atoms with Crippen molar-refractivity contribution in [2.75, 3.05) is 27.4 Å². The molecule has 0 saturated heterocycles. The van der Waals surface area contributed by atoms with E-state index in [0.717, 1.165) is 56.4 Å². The zero-order valence-electron chi connectivity index (χ0n) is 17.3. The number of rotatable bonds is 15. The summed E-state index contributed by atoms with van der Waals surface area (Å²) in [5.41, 5.74) is 1.24. The van der Waals surface area contributed by atoms with Crippen molar-refractivity contribution in [3.63, 3.8) is 0 Å². The first kappa shape index (κ1) is 23.3. The highest BCUT2D eigenvalue weighted by Gasteiger charge is 2.20. The average molecular weight is 381 g/mol. The largest absolute Gasteiger partial charge is 0.493 e. The minimum atomic E-state index is -0.665. The van der Waals surface area contributed by atoms with Crippen LogP contribution in [0.2, 0.25) is 0 Å². The van der Waals surface area contributed by atoms with Crippen molar-refractivity contribution in [1.29, 1.82) is 0 Å². The van der Waals surface area contributed by atoms with Crippen molar-refractivity contribution >= 4 is 5.97 Å². The molecule has 1 aromatic rings. The van der Waals surface area contributed by atoms with Crippen molar-refractivity contribution in [3.05, 3.63) is 23.8 Å². The van der Waals surface area contributed by atoms with Gasteiger partial charge in [-0.25, -0.2) is 0 Å². The highest BCUT2D eigenvalue weighted by Crippen LogP contribution is 2.29. The molecule has 1 unspecified atom stereocenters. The predicted molar refractivity (Wildman–Crippen MR) is 108 cm³/mol. The molecule has 0 aliphatic carbocycles. The quantitative estimate of drug-likeness (QED) is 0.436. The molecule has 0 aromatic heterocycles. The van der Waals surface area contributed by atoms with E-state index in [-0.39, 0.29) is 11.8 Å². The molecule has 1 aromatic carbocycles. The highest BCUT2D eigenvalue weighted by atomic mass is 16.5. The maximum atomic E-state index is 11.2. The summed E-state index contributed by atoms with van der Waals surface area (Å²) < 4.78 is 16.2. The first-order chi connectivity index (χ1) is 13.0. The molecule has 5 heteroatoms. The minimum absolute atomic E-state index is 0.198. The number of ether oxygens (including phenoxy) is 3. The van der Waals surface area contributed by atoms with Gasteiger partial charge in [0, 0.05) is 20.1 Å². The zero-order valence-corrected chi connectivity index (χ0v) is 17.3. The van der Waals surface area contributed by atoms with Crippen LogP contribution in [0.3, 0.4) is 0 Å². The Kier molecular flexibility index (Phi) is 11.6. The molecular formula is C22H36O5. The van der Waals surface area contributed by atoms with Crippen molar-refractivity contribution in [2.24, 2.45) is 11.8 Å². The summed E-state index contributed by atoms with van der Waals surface area (Å²) in [4.78, 5) is 11.2. The number of aryl methyl sites for hydroxylation is 1. The van der Waals surface area contributed by atoms with Crippen LogP contribution in [0.4, 0.5) is 0 Å². The fourth-order valence-electron chi connectivity index (χ4n) is 3.16. The molecule has 0 fully saturated rings. The second-order valence-electron chi connectivity index (χ2n) is 7.32. The molecule has 1 rings (SSSR count). The summed E-state index contributed by atoms with van der Waals surface area (Å²) in [7, 11) is 3.34. The lowest BCUT2D eigenvalue weighted by atomic mass is 9.90. The first-order valence-corrected chi connectivity index (χ1v) is 10.0. The molecule has 0 amide bonds. The van der Waals surface area contributed by atoms with Gasteiger partial charge in [-0.1, -0.05) is 39.2 Å². The lowest BCUT2D eigenvalue weighted by Gasteiger charge is -2.15. The molecular weight excluding hydrogens is 344 g/mol. The van der Waals surface area contributed by atoms with E-state index in [4.69, 9.17) is 14.2 Å². The van der Waals surface area contributed by atoms with Crippen LogP contribution in [0.15, 0.2) is 18.2 Å².